The van der Waals surface area contributed by atoms with Crippen molar-refractivity contribution in [2.24, 2.45) is 5.92 Å². The molecule has 0 bridgehead atoms. The summed E-state index contributed by atoms with van der Waals surface area (Å²) in [6.07, 6.45) is 8.06. The molecular weight excluding hydrogens is 348 g/mol. The Bertz CT molecular complexity index is 716. The van der Waals surface area contributed by atoms with Crippen molar-refractivity contribution in [2.75, 3.05) is 30.8 Å². The summed E-state index contributed by atoms with van der Waals surface area (Å²) in [5.74, 6) is 0.673. The maximum Gasteiger partial charge on any atom is 0.175 e. The summed E-state index contributed by atoms with van der Waals surface area (Å²) in [7, 11) is -3.14. The molecule has 0 aromatic heterocycles. The van der Waals surface area contributed by atoms with E-state index in [4.69, 9.17) is 0 Å². The normalized spacial score (nSPS) is 32.4. The minimum atomic E-state index is -3.14. The van der Waals surface area contributed by atoms with E-state index in [0.29, 0.717) is 29.2 Å². The quantitative estimate of drug-likeness (QED) is 0.733. The van der Waals surface area contributed by atoms with Gasteiger partial charge in [0.2, 0.25) is 0 Å². The van der Waals surface area contributed by atoms with Crippen LogP contribution in [-0.4, -0.2) is 52.7 Å². The Morgan fingerprint density at radius 2 is 1.92 bits per heavy atom. The predicted molar refractivity (Wildman–Crippen MR) is 104 cm³/mol. The number of fused-ring (bicyclic) bond motifs is 1. The molecule has 3 heterocycles. The van der Waals surface area contributed by atoms with Crippen molar-refractivity contribution in [3.63, 3.8) is 0 Å². The molecule has 4 unspecified atom stereocenters. The van der Waals surface area contributed by atoms with Gasteiger partial charge >= 0.3 is 0 Å². The smallest absolute Gasteiger partial charge is 0.175 e. The van der Waals surface area contributed by atoms with E-state index in [-0.39, 0.29) is 0 Å². The van der Waals surface area contributed by atoms with E-state index >= 15 is 0 Å². The highest BCUT2D eigenvalue weighted by Crippen LogP contribution is 2.34. The van der Waals surface area contributed by atoms with Gasteiger partial charge in [-0.3, -0.25) is 10.6 Å². The van der Waals surface area contributed by atoms with Gasteiger partial charge in [-0.2, -0.15) is 0 Å². The van der Waals surface area contributed by atoms with Crippen molar-refractivity contribution in [3.05, 3.63) is 24.3 Å². The first-order valence-electron chi connectivity index (χ1n) is 9.80. The molecule has 144 valence electrons. The molecule has 4 rings (SSSR count). The van der Waals surface area contributed by atoms with Gasteiger partial charge in [0.1, 0.15) is 0 Å². The van der Waals surface area contributed by atoms with E-state index in [2.05, 4.69) is 20.9 Å². The molecule has 1 aromatic rings. The molecule has 3 aliphatic heterocycles. The Morgan fingerprint density at radius 3 is 2.62 bits per heavy atom. The molecule has 6 nitrogen and oxygen atoms in total. The van der Waals surface area contributed by atoms with Crippen LogP contribution >= 0.6 is 0 Å². The van der Waals surface area contributed by atoms with Crippen molar-refractivity contribution in [1.82, 2.24) is 16.0 Å². The van der Waals surface area contributed by atoms with Crippen molar-refractivity contribution in [1.29, 1.82) is 0 Å². The second-order valence-corrected chi connectivity index (χ2v) is 9.98. The third-order valence-corrected chi connectivity index (χ3v) is 7.18. The van der Waals surface area contributed by atoms with Gasteiger partial charge in [-0.1, -0.05) is 0 Å². The summed E-state index contributed by atoms with van der Waals surface area (Å²) in [6.45, 7) is 3.22. The van der Waals surface area contributed by atoms with E-state index in [1.165, 1.54) is 38.4 Å². The van der Waals surface area contributed by atoms with Gasteiger partial charge in [-0.15, -0.1) is 0 Å². The van der Waals surface area contributed by atoms with Crippen molar-refractivity contribution >= 4 is 15.5 Å². The molecule has 4 atom stereocenters. The van der Waals surface area contributed by atoms with Gasteiger partial charge in [-0.25, -0.2) is 8.42 Å². The SMILES string of the molecule is CS(=O)(=O)c1ccc(N2CCC3CCC(NC4CCCNC4)NC32)cc1. The Morgan fingerprint density at radius 1 is 1.12 bits per heavy atom. The van der Waals surface area contributed by atoms with Crippen LogP contribution in [0.3, 0.4) is 0 Å². The number of nitrogens with zero attached hydrogens (tertiary/aromatic N) is 1. The lowest BCUT2D eigenvalue weighted by atomic mass is 9.93. The van der Waals surface area contributed by atoms with E-state index in [1.54, 1.807) is 12.1 Å². The predicted octanol–water partition coefficient (Wildman–Crippen LogP) is 1.29. The zero-order valence-corrected chi connectivity index (χ0v) is 16.3. The molecule has 3 fully saturated rings. The average molecular weight is 379 g/mol. The maximum absolute atomic E-state index is 11.7. The summed E-state index contributed by atoms with van der Waals surface area (Å²) >= 11 is 0. The minimum absolute atomic E-state index is 0.335. The number of rotatable bonds is 4. The molecule has 0 saturated carbocycles. The maximum atomic E-state index is 11.7. The Labute approximate surface area is 156 Å². The van der Waals surface area contributed by atoms with Crippen LogP contribution in [0.15, 0.2) is 29.2 Å². The van der Waals surface area contributed by atoms with Crippen LogP contribution in [0.5, 0.6) is 0 Å². The molecule has 3 saturated heterocycles. The molecular formula is C19H30N4O2S. The molecule has 0 aliphatic carbocycles. The molecule has 26 heavy (non-hydrogen) atoms. The second kappa shape index (κ2) is 7.46. The third-order valence-electron chi connectivity index (χ3n) is 6.05. The molecule has 0 spiro atoms. The number of hydrogen-bond acceptors (Lipinski definition) is 6. The van der Waals surface area contributed by atoms with Gasteiger partial charge in [0.05, 0.1) is 17.2 Å². The minimum Gasteiger partial charge on any atom is -0.356 e. The van der Waals surface area contributed by atoms with Gasteiger partial charge in [-0.05, 0) is 68.8 Å². The van der Waals surface area contributed by atoms with Crippen LogP contribution in [0.4, 0.5) is 5.69 Å². The third kappa shape index (κ3) is 3.91. The number of anilines is 1. The van der Waals surface area contributed by atoms with E-state index in [0.717, 1.165) is 25.3 Å². The number of sulfone groups is 1. The molecule has 7 heteroatoms. The highest BCUT2D eigenvalue weighted by Gasteiger charge is 2.39. The highest BCUT2D eigenvalue weighted by molar-refractivity contribution is 7.90. The standard InChI is InChI=1S/C19H30N4O2S/c1-26(24,25)17-7-5-16(6-8-17)23-12-10-14-4-9-18(22-19(14)23)21-15-3-2-11-20-13-15/h5-8,14-15,18-22H,2-4,9-13H2,1H3. The second-order valence-electron chi connectivity index (χ2n) is 7.96. The summed E-state index contributed by atoms with van der Waals surface area (Å²) in [5.41, 5.74) is 1.11. The zero-order chi connectivity index (χ0) is 18.1. The molecule has 0 amide bonds. The lowest BCUT2D eigenvalue weighted by Gasteiger charge is -2.40. The van der Waals surface area contributed by atoms with Crippen LogP contribution in [0.25, 0.3) is 0 Å². The lowest BCUT2D eigenvalue weighted by molar-refractivity contribution is 0.207. The highest BCUT2D eigenvalue weighted by atomic mass is 32.2. The summed E-state index contributed by atoms with van der Waals surface area (Å²) in [4.78, 5) is 2.79. The topological polar surface area (TPSA) is 73.5 Å². The number of nitrogens with one attached hydrogen (secondary N) is 3. The Kier molecular flexibility index (Phi) is 5.23. The van der Waals surface area contributed by atoms with Gasteiger partial charge in [0.15, 0.2) is 9.84 Å². The fourth-order valence-corrected chi connectivity index (χ4v) is 5.27. The zero-order valence-electron chi connectivity index (χ0n) is 15.4. The van der Waals surface area contributed by atoms with E-state index < -0.39 is 9.84 Å². The fourth-order valence-electron chi connectivity index (χ4n) is 4.64. The number of piperidine rings is 2. The Hall–Kier alpha value is -1.15. The van der Waals surface area contributed by atoms with Crippen LogP contribution in [0.2, 0.25) is 0 Å². The van der Waals surface area contributed by atoms with Crippen molar-refractivity contribution in [3.8, 4) is 0 Å². The van der Waals surface area contributed by atoms with Crippen LogP contribution in [0, 0.1) is 5.92 Å². The van der Waals surface area contributed by atoms with Crippen LogP contribution in [0.1, 0.15) is 32.1 Å². The van der Waals surface area contributed by atoms with Gasteiger partial charge in [0.25, 0.3) is 0 Å². The molecule has 3 aliphatic rings. The first kappa shape index (κ1) is 18.2. The first-order valence-corrected chi connectivity index (χ1v) is 11.7. The Balaban J connectivity index is 1.43. The average Bonchev–Trinajstić information content (AvgIpc) is 3.05. The number of benzene rings is 1. The monoisotopic (exact) mass is 378 g/mol. The van der Waals surface area contributed by atoms with Gasteiger partial charge < -0.3 is 10.2 Å². The van der Waals surface area contributed by atoms with Crippen LogP contribution in [-0.2, 0) is 9.84 Å². The van der Waals surface area contributed by atoms with Crippen LogP contribution < -0.4 is 20.9 Å². The first-order chi connectivity index (χ1) is 12.5. The van der Waals surface area contributed by atoms with E-state index in [1.807, 2.05) is 12.1 Å². The summed E-state index contributed by atoms with van der Waals surface area (Å²) < 4.78 is 23.4. The number of hydrogen-bond donors (Lipinski definition) is 3. The van der Waals surface area contributed by atoms with Gasteiger partial charge in [0, 0.05) is 31.1 Å². The fraction of sp³-hybridized carbons (Fsp3) is 0.684. The summed E-state index contributed by atoms with van der Waals surface area (Å²) in [5, 5.41) is 11.1. The van der Waals surface area contributed by atoms with Crippen molar-refractivity contribution in [2.45, 2.75) is 55.4 Å². The molecule has 1 aromatic carbocycles. The summed E-state index contributed by atoms with van der Waals surface area (Å²) in [6, 6.07) is 7.90. The molecule has 3 N–H and O–H groups in total. The molecule has 0 radical (unpaired) electrons. The van der Waals surface area contributed by atoms with Crippen molar-refractivity contribution < 1.29 is 8.42 Å². The lowest BCUT2D eigenvalue weighted by Crippen LogP contribution is -2.60. The van der Waals surface area contributed by atoms with E-state index in [9.17, 15) is 8.42 Å². The largest absolute Gasteiger partial charge is 0.356 e.